The lowest BCUT2D eigenvalue weighted by molar-refractivity contribution is -0.123. The lowest BCUT2D eigenvalue weighted by atomic mass is 9.96. The third-order valence-electron chi connectivity index (χ3n) is 3.24. The Balaban J connectivity index is 0.000000771. The molecule has 1 aliphatic heterocycles. The van der Waals surface area contributed by atoms with E-state index in [1.54, 1.807) is 0 Å². The van der Waals surface area contributed by atoms with E-state index in [0.29, 0.717) is 0 Å². The Morgan fingerprint density at radius 2 is 1.78 bits per heavy atom. The number of rotatable bonds is 3. The summed E-state index contributed by atoms with van der Waals surface area (Å²) >= 11 is 0. The van der Waals surface area contributed by atoms with Crippen LogP contribution < -0.4 is 5.73 Å². The lowest BCUT2D eigenvalue weighted by Crippen LogP contribution is -2.38. The number of nitrogens with two attached hydrogens (primary N) is 1. The summed E-state index contributed by atoms with van der Waals surface area (Å²) in [6, 6.07) is 10.4. The number of benzene rings is 1. The van der Waals surface area contributed by atoms with Gasteiger partial charge in [0.05, 0.1) is 0 Å². The monoisotopic (exact) mass is 248 g/mol. The third kappa shape index (κ3) is 4.49. The lowest BCUT2D eigenvalue weighted by Gasteiger charge is -2.30. The van der Waals surface area contributed by atoms with Gasteiger partial charge >= 0.3 is 0 Å². The molecule has 1 aliphatic rings. The van der Waals surface area contributed by atoms with E-state index in [-0.39, 0.29) is 11.8 Å². The van der Waals surface area contributed by atoms with E-state index in [4.69, 9.17) is 5.73 Å². The molecule has 0 unspecified atom stereocenters. The van der Waals surface area contributed by atoms with Crippen LogP contribution in [0.15, 0.2) is 30.3 Å². The zero-order valence-corrected chi connectivity index (χ0v) is 11.4. The highest BCUT2D eigenvalue weighted by atomic mass is 16.1. The molecule has 18 heavy (non-hydrogen) atoms. The molecule has 2 N–H and O–H groups in total. The zero-order chi connectivity index (χ0) is 13.4. The molecule has 0 atom stereocenters. The van der Waals surface area contributed by atoms with Gasteiger partial charge in [0.25, 0.3) is 0 Å². The van der Waals surface area contributed by atoms with Crippen LogP contribution in [-0.2, 0) is 11.3 Å². The van der Waals surface area contributed by atoms with Crippen molar-refractivity contribution in [3.63, 3.8) is 0 Å². The number of nitrogens with zero attached hydrogens (tertiary/aromatic N) is 1. The van der Waals surface area contributed by atoms with Gasteiger partial charge in [-0.05, 0) is 31.5 Å². The van der Waals surface area contributed by atoms with E-state index in [1.807, 2.05) is 19.9 Å². The molecule has 0 spiro atoms. The first-order valence-electron chi connectivity index (χ1n) is 6.81. The van der Waals surface area contributed by atoms with Crippen molar-refractivity contribution in [3.8, 4) is 0 Å². The normalized spacial score (nSPS) is 16.8. The summed E-state index contributed by atoms with van der Waals surface area (Å²) < 4.78 is 0. The quantitative estimate of drug-likeness (QED) is 0.893. The average molecular weight is 248 g/mol. The molecular weight excluding hydrogens is 224 g/mol. The van der Waals surface area contributed by atoms with Gasteiger partial charge in [0.15, 0.2) is 0 Å². The first kappa shape index (κ1) is 14.7. The minimum Gasteiger partial charge on any atom is -0.369 e. The van der Waals surface area contributed by atoms with Crippen molar-refractivity contribution < 1.29 is 4.79 Å². The van der Waals surface area contributed by atoms with E-state index in [0.717, 1.165) is 32.5 Å². The Kier molecular flexibility index (Phi) is 6.44. The Morgan fingerprint density at radius 3 is 2.28 bits per heavy atom. The molecule has 100 valence electrons. The molecule has 3 nitrogen and oxygen atoms in total. The van der Waals surface area contributed by atoms with Gasteiger partial charge in [0.1, 0.15) is 0 Å². The summed E-state index contributed by atoms with van der Waals surface area (Å²) in [6.07, 6.45) is 1.81. The fourth-order valence-electron chi connectivity index (χ4n) is 2.22. The van der Waals surface area contributed by atoms with Gasteiger partial charge < -0.3 is 5.73 Å². The highest BCUT2D eigenvalue weighted by Crippen LogP contribution is 2.18. The number of likely N-dealkylation sites (tertiary alicyclic amines) is 1. The number of primary amides is 1. The molecule has 0 radical (unpaired) electrons. The van der Waals surface area contributed by atoms with Gasteiger partial charge in [-0.25, -0.2) is 0 Å². The highest BCUT2D eigenvalue weighted by Gasteiger charge is 2.22. The maximum absolute atomic E-state index is 11.0. The molecule has 1 amide bonds. The number of hydrogen-bond donors (Lipinski definition) is 1. The van der Waals surface area contributed by atoms with Crippen molar-refractivity contribution in [2.24, 2.45) is 11.7 Å². The summed E-state index contributed by atoms with van der Waals surface area (Å²) in [5.74, 6) is -0.0496. The minimum atomic E-state index is -0.139. The van der Waals surface area contributed by atoms with E-state index in [2.05, 4.69) is 29.2 Å². The van der Waals surface area contributed by atoms with Crippen LogP contribution in [0.5, 0.6) is 0 Å². The Labute approximate surface area is 110 Å². The smallest absolute Gasteiger partial charge is 0.220 e. The molecule has 3 heteroatoms. The summed E-state index contributed by atoms with van der Waals surface area (Å²) in [7, 11) is 0. The van der Waals surface area contributed by atoms with E-state index >= 15 is 0 Å². The fourth-order valence-corrected chi connectivity index (χ4v) is 2.22. The van der Waals surface area contributed by atoms with Crippen LogP contribution in [0.3, 0.4) is 0 Å². The largest absolute Gasteiger partial charge is 0.369 e. The first-order chi connectivity index (χ1) is 8.75. The second kappa shape index (κ2) is 7.88. The van der Waals surface area contributed by atoms with Gasteiger partial charge in [0, 0.05) is 12.5 Å². The van der Waals surface area contributed by atoms with Crippen LogP contribution in [0.25, 0.3) is 0 Å². The van der Waals surface area contributed by atoms with Crippen molar-refractivity contribution in [3.05, 3.63) is 35.9 Å². The van der Waals surface area contributed by atoms with Crippen LogP contribution in [0.4, 0.5) is 0 Å². The molecule has 0 saturated carbocycles. The topological polar surface area (TPSA) is 46.3 Å². The molecule has 1 fully saturated rings. The van der Waals surface area contributed by atoms with Crippen molar-refractivity contribution in [1.29, 1.82) is 0 Å². The third-order valence-corrected chi connectivity index (χ3v) is 3.24. The van der Waals surface area contributed by atoms with Gasteiger partial charge in [-0.3, -0.25) is 9.69 Å². The predicted octanol–water partition coefficient (Wildman–Crippen LogP) is 2.41. The summed E-state index contributed by atoms with van der Waals surface area (Å²) in [6.45, 7) is 6.93. The van der Waals surface area contributed by atoms with E-state index < -0.39 is 0 Å². The fraction of sp³-hybridized carbons (Fsp3) is 0.533. The molecular formula is C15H24N2O. The molecule has 0 bridgehead atoms. The van der Waals surface area contributed by atoms with Gasteiger partial charge in [-0.15, -0.1) is 0 Å². The van der Waals surface area contributed by atoms with Crippen LogP contribution in [0.2, 0.25) is 0 Å². The maximum Gasteiger partial charge on any atom is 0.220 e. The highest BCUT2D eigenvalue weighted by molar-refractivity contribution is 5.76. The summed E-state index contributed by atoms with van der Waals surface area (Å²) in [5.41, 5.74) is 6.64. The van der Waals surface area contributed by atoms with Crippen LogP contribution >= 0.6 is 0 Å². The molecule has 1 aromatic carbocycles. The van der Waals surface area contributed by atoms with Crippen molar-refractivity contribution >= 4 is 5.91 Å². The molecule has 0 aliphatic carbocycles. The van der Waals surface area contributed by atoms with Gasteiger partial charge in [-0.1, -0.05) is 44.2 Å². The maximum atomic E-state index is 11.0. The molecule has 0 aromatic heterocycles. The average Bonchev–Trinajstić information content (AvgIpc) is 2.43. The Hall–Kier alpha value is -1.35. The predicted molar refractivity (Wildman–Crippen MR) is 75.0 cm³/mol. The Bertz CT molecular complexity index is 343. The zero-order valence-electron chi connectivity index (χ0n) is 11.4. The van der Waals surface area contributed by atoms with E-state index in [9.17, 15) is 4.79 Å². The van der Waals surface area contributed by atoms with Crippen molar-refractivity contribution in [2.75, 3.05) is 13.1 Å². The number of carbonyl (C=O) groups is 1. The second-order valence-electron chi connectivity index (χ2n) is 4.44. The number of carbonyl (C=O) groups excluding carboxylic acids is 1. The van der Waals surface area contributed by atoms with Gasteiger partial charge in [0.2, 0.25) is 5.91 Å². The van der Waals surface area contributed by atoms with Crippen molar-refractivity contribution in [1.82, 2.24) is 4.90 Å². The van der Waals surface area contributed by atoms with Gasteiger partial charge in [-0.2, -0.15) is 0 Å². The van der Waals surface area contributed by atoms with Crippen LogP contribution in [0, 0.1) is 5.92 Å². The molecule has 1 heterocycles. The van der Waals surface area contributed by atoms with Crippen LogP contribution in [0.1, 0.15) is 32.3 Å². The minimum absolute atomic E-state index is 0.0898. The number of hydrogen-bond acceptors (Lipinski definition) is 2. The molecule has 1 saturated heterocycles. The second-order valence-corrected chi connectivity index (χ2v) is 4.44. The number of amides is 1. The SMILES string of the molecule is CC.NC(=O)C1CCN(Cc2ccccc2)CC1. The summed E-state index contributed by atoms with van der Waals surface area (Å²) in [4.78, 5) is 13.4. The molecule has 1 aromatic rings. The number of piperidine rings is 1. The summed E-state index contributed by atoms with van der Waals surface area (Å²) in [5, 5.41) is 0. The Morgan fingerprint density at radius 1 is 1.22 bits per heavy atom. The first-order valence-corrected chi connectivity index (χ1v) is 6.81. The van der Waals surface area contributed by atoms with E-state index in [1.165, 1.54) is 5.56 Å². The van der Waals surface area contributed by atoms with Crippen LogP contribution in [-0.4, -0.2) is 23.9 Å². The van der Waals surface area contributed by atoms with Crippen molar-refractivity contribution in [2.45, 2.75) is 33.2 Å². The molecule has 2 rings (SSSR count). The standard InChI is InChI=1S/C13H18N2O.C2H6/c14-13(16)12-6-8-15(9-7-12)10-11-4-2-1-3-5-11;1-2/h1-5,12H,6-10H2,(H2,14,16);1-2H3.